The van der Waals surface area contributed by atoms with E-state index in [0.29, 0.717) is 30.3 Å². The second-order valence-electron chi connectivity index (χ2n) is 5.89. The summed E-state index contributed by atoms with van der Waals surface area (Å²) in [6.45, 7) is 4.66. The first-order chi connectivity index (χ1) is 11.1. The van der Waals surface area contributed by atoms with E-state index < -0.39 is 0 Å². The summed E-state index contributed by atoms with van der Waals surface area (Å²) < 4.78 is 0. The number of amides is 2. The average molecular weight is 319 g/mol. The van der Waals surface area contributed by atoms with Gasteiger partial charge >= 0.3 is 0 Å². The molecule has 1 aromatic carbocycles. The maximum Gasteiger partial charge on any atom is 0.251 e. The molecule has 0 unspecified atom stereocenters. The zero-order chi connectivity index (χ0) is 16.7. The van der Waals surface area contributed by atoms with Crippen LogP contribution in [-0.4, -0.2) is 54.6 Å². The van der Waals surface area contributed by atoms with Crippen molar-refractivity contribution in [3.05, 3.63) is 29.8 Å². The van der Waals surface area contributed by atoms with Gasteiger partial charge in [-0.2, -0.15) is 0 Å². The number of carbonyl (C=O) groups excluding carboxylic acids is 2. The SMILES string of the molecule is CCNC(=O)c1cccc(NC(=O)CN2CCC(CO)CC2)c1. The Bertz CT molecular complexity index is 540. The number of nitrogens with one attached hydrogen (secondary N) is 2. The Labute approximate surface area is 136 Å². The Balaban J connectivity index is 1.85. The van der Waals surface area contributed by atoms with Gasteiger partial charge < -0.3 is 15.7 Å². The van der Waals surface area contributed by atoms with Gasteiger partial charge in [0.25, 0.3) is 5.91 Å². The Morgan fingerprint density at radius 1 is 1.30 bits per heavy atom. The Morgan fingerprint density at radius 2 is 2.04 bits per heavy atom. The van der Waals surface area contributed by atoms with Crippen molar-refractivity contribution in [2.24, 2.45) is 5.92 Å². The molecule has 0 bridgehead atoms. The maximum absolute atomic E-state index is 12.1. The molecule has 1 aliphatic heterocycles. The molecule has 1 heterocycles. The quantitative estimate of drug-likeness (QED) is 0.733. The zero-order valence-corrected chi connectivity index (χ0v) is 13.5. The van der Waals surface area contributed by atoms with Crippen LogP contribution < -0.4 is 10.6 Å². The molecule has 0 atom stereocenters. The zero-order valence-electron chi connectivity index (χ0n) is 13.5. The highest BCUT2D eigenvalue weighted by Gasteiger charge is 2.20. The van der Waals surface area contributed by atoms with E-state index in [-0.39, 0.29) is 18.4 Å². The molecule has 6 nitrogen and oxygen atoms in total. The topological polar surface area (TPSA) is 81.7 Å². The molecule has 0 spiro atoms. The van der Waals surface area contributed by atoms with Crippen molar-refractivity contribution in [3.8, 4) is 0 Å². The van der Waals surface area contributed by atoms with Gasteiger partial charge in [0.15, 0.2) is 0 Å². The van der Waals surface area contributed by atoms with Crippen LogP contribution in [0.3, 0.4) is 0 Å². The highest BCUT2D eigenvalue weighted by atomic mass is 16.3. The Kier molecular flexibility index (Phi) is 6.55. The second-order valence-corrected chi connectivity index (χ2v) is 5.89. The molecular weight excluding hydrogens is 294 g/mol. The first-order valence-corrected chi connectivity index (χ1v) is 8.13. The maximum atomic E-state index is 12.1. The highest BCUT2D eigenvalue weighted by molar-refractivity contribution is 5.97. The van der Waals surface area contributed by atoms with E-state index in [1.165, 1.54) is 0 Å². The number of likely N-dealkylation sites (tertiary alicyclic amines) is 1. The Morgan fingerprint density at radius 3 is 2.70 bits per heavy atom. The summed E-state index contributed by atoms with van der Waals surface area (Å²) in [6.07, 6.45) is 1.85. The van der Waals surface area contributed by atoms with Crippen molar-refractivity contribution in [1.82, 2.24) is 10.2 Å². The van der Waals surface area contributed by atoms with Crippen LogP contribution in [0.5, 0.6) is 0 Å². The number of piperidine rings is 1. The van der Waals surface area contributed by atoms with Gasteiger partial charge in [0, 0.05) is 24.4 Å². The lowest BCUT2D eigenvalue weighted by atomic mass is 9.98. The van der Waals surface area contributed by atoms with Crippen LogP contribution in [0.15, 0.2) is 24.3 Å². The summed E-state index contributed by atoms with van der Waals surface area (Å²) in [6, 6.07) is 6.94. The number of carbonyl (C=O) groups is 2. The molecule has 0 aliphatic carbocycles. The largest absolute Gasteiger partial charge is 0.396 e. The van der Waals surface area contributed by atoms with Crippen molar-refractivity contribution in [2.75, 3.05) is 38.1 Å². The van der Waals surface area contributed by atoms with Crippen LogP contribution in [0.1, 0.15) is 30.1 Å². The van der Waals surface area contributed by atoms with Gasteiger partial charge in [-0.25, -0.2) is 0 Å². The molecule has 3 N–H and O–H groups in total. The molecule has 0 radical (unpaired) electrons. The van der Waals surface area contributed by atoms with Crippen molar-refractivity contribution >= 4 is 17.5 Å². The minimum absolute atomic E-state index is 0.0829. The van der Waals surface area contributed by atoms with E-state index >= 15 is 0 Å². The van der Waals surface area contributed by atoms with Gasteiger partial charge in [-0.15, -0.1) is 0 Å². The summed E-state index contributed by atoms with van der Waals surface area (Å²) in [4.78, 5) is 26.0. The molecule has 1 aromatic rings. The number of nitrogens with zero attached hydrogens (tertiary/aromatic N) is 1. The number of hydrogen-bond donors (Lipinski definition) is 3. The molecule has 1 aliphatic rings. The molecule has 23 heavy (non-hydrogen) atoms. The smallest absolute Gasteiger partial charge is 0.251 e. The van der Waals surface area contributed by atoms with Gasteiger partial charge in [-0.05, 0) is 57.0 Å². The van der Waals surface area contributed by atoms with Crippen LogP contribution in [-0.2, 0) is 4.79 Å². The first kappa shape index (κ1) is 17.4. The van der Waals surface area contributed by atoms with E-state index in [2.05, 4.69) is 15.5 Å². The summed E-state index contributed by atoms with van der Waals surface area (Å²) in [5.41, 5.74) is 1.16. The summed E-state index contributed by atoms with van der Waals surface area (Å²) in [5, 5.41) is 14.7. The third kappa shape index (κ3) is 5.33. The average Bonchev–Trinajstić information content (AvgIpc) is 2.56. The molecule has 0 saturated carbocycles. The lowest BCUT2D eigenvalue weighted by Crippen LogP contribution is -2.39. The lowest BCUT2D eigenvalue weighted by Gasteiger charge is -2.30. The number of anilines is 1. The van der Waals surface area contributed by atoms with Gasteiger partial charge in [0.2, 0.25) is 5.91 Å². The fourth-order valence-corrected chi connectivity index (χ4v) is 2.73. The molecule has 0 aromatic heterocycles. The van der Waals surface area contributed by atoms with E-state index in [1.807, 2.05) is 6.92 Å². The molecule has 126 valence electrons. The van der Waals surface area contributed by atoms with E-state index in [1.54, 1.807) is 24.3 Å². The number of aliphatic hydroxyl groups is 1. The monoisotopic (exact) mass is 319 g/mol. The molecule has 1 fully saturated rings. The molecule has 2 rings (SSSR count). The predicted octanol–water partition coefficient (Wildman–Crippen LogP) is 1.08. The van der Waals surface area contributed by atoms with E-state index in [0.717, 1.165) is 25.9 Å². The number of rotatable bonds is 6. The third-order valence-corrected chi connectivity index (χ3v) is 4.08. The number of benzene rings is 1. The molecular formula is C17H25N3O3. The highest BCUT2D eigenvalue weighted by Crippen LogP contribution is 2.16. The lowest BCUT2D eigenvalue weighted by molar-refractivity contribution is -0.117. The summed E-state index contributed by atoms with van der Waals surface area (Å²) in [5.74, 6) is 0.137. The van der Waals surface area contributed by atoms with Crippen LogP contribution in [0.2, 0.25) is 0 Å². The Hall–Kier alpha value is -1.92. The van der Waals surface area contributed by atoms with Crippen molar-refractivity contribution < 1.29 is 14.7 Å². The molecule has 1 saturated heterocycles. The predicted molar refractivity (Wildman–Crippen MR) is 89.3 cm³/mol. The minimum Gasteiger partial charge on any atom is -0.396 e. The summed E-state index contributed by atoms with van der Waals surface area (Å²) >= 11 is 0. The van der Waals surface area contributed by atoms with Crippen molar-refractivity contribution in [2.45, 2.75) is 19.8 Å². The van der Waals surface area contributed by atoms with Crippen molar-refractivity contribution in [1.29, 1.82) is 0 Å². The van der Waals surface area contributed by atoms with Gasteiger partial charge in [-0.3, -0.25) is 14.5 Å². The van der Waals surface area contributed by atoms with Gasteiger partial charge in [-0.1, -0.05) is 6.07 Å². The third-order valence-electron chi connectivity index (χ3n) is 4.08. The second kappa shape index (κ2) is 8.64. The van der Waals surface area contributed by atoms with E-state index in [4.69, 9.17) is 5.11 Å². The fraction of sp³-hybridized carbons (Fsp3) is 0.529. The minimum atomic E-state index is -0.144. The first-order valence-electron chi connectivity index (χ1n) is 8.13. The van der Waals surface area contributed by atoms with Crippen molar-refractivity contribution in [3.63, 3.8) is 0 Å². The van der Waals surface area contributed by atoms with Crippen LogP contribution in [0.25, 0.3) is 0 Å². The summed E-state index contributed by atoms with van der Waals surface area (Å²) in [7, 11) is 0. The molecule has 6 heteroatoms. The van der Waals surface area contributed by atoms with Gasteiger partial charge in [0.1, 0.15) is 0 Å². The van der Waals surface area contributed by atoms with Crippen LogP contribution in [0.4, 0.5) is 5.69 Å². The van der Waals surface area contributed by atoms with Gasteiger partial charge in [0.05, 0.1) is 6.54 Å². The van der Waals surface area contributed by atoms with E-state index in [9.17, 15) is 9.59 Å². The number of aliphatic hydroxyl groups excluding tert-OH is 1. The van der Waals surface area contributed by atoms with Crippen LogP contribution in [0, 0.1) is 5.92 Å². The number of hydrogen-bond acceptors (Lipinski definition) is 4. The van der Waals surface area contributed by atoms with Crippen LogP contribution >= 0.6 is 0 Å². The normalized spacial score (nSPS) is 16.1. The standard InChI is InChI=1S/C17H25N3O3/c1-2-18-17(23)14-4-3-5-15(10-14)19-16(22)11-20-8-6-13(12-21)7-9-20/h3-5,10,13,21H,2,6-9,11-12H2,1H3,(H,18,23)(H,19,22). The fourth-order valence-electron chi connectivity index (χ4n) is 2.73. The molecule has 2 amide bonds.